The molecule has 1 aliphatic heterocycles. The molecule has 1 spiro atoms. The van der Waals surface area contributed by atoms with Gasteiger partial charge in [0, 0.05) is 40.7 Å². The Bertz CT molecular complexity index is 485. The molecule has 0 bridgehead atoms. The highest BCUT2D eigenvalue weighted by Crippen LogP contribution is 2.38. The van der Waals surface area contributed by atoms with Gasteiger partial charge in [-0.1, -0.05) is 46.4 Å². The van der Waals surface area contributed by atoms with Crippen molar-refractivity contribution in [2.24, 2.45) is 0 Å². The van der Waals surface area contributed by atoms with Crippen LogP contribution in [0.4, 0.5) is 0 Å². The van der Waals surface area contributed by atoms with Gasteiger partial charge in [-0.15, -0.1) is 0 Å². The lowest BCUT2D eigenvalue weighted by molar-refractivity contribution is 0.0393. The fraction of sp³-hybridized carbons (Fsp3) is 0.625. The van der Waals surface area contributed by atoms with Crippen LogP contribution in [0, 0.1) is 0 Å². The minimum atomic E-state index is 0.364. The van der Waals surface area contributed by atoms with Crippen molar-refractivity contribution >= 4 is 27.5 Å². The summed E-state index contributed by atoms with van der Waals surface area (Å²) >= 11 is 9.89. The Morgan fingerprint density at radius 2 is 2.15 bits per heavy atom. The summed E-state index contributed by atoms with van der Waals surface area (Å²) in [6, 6.07) is 6.81. The van der Waals surface area contributed by atoms with E-state index in [9.17, 15) is 0 Å². The largest absolute Gasteiger partial charge is 0.311 e. The van der Waals surface area contributed by atoms with Crippen LogP contribution in [0.15, 0.2) is 22.7 Å². The van der Waals surface area contributed by atoms with Gasteiger partial charge in [0.2, 0.25) is 0 Å². The normalized spacial score (nSPS) is 26.2. The highest BCUT2D eigenvalue weighted by atomic mass is 79.9. The van der Waals surface area contributed by atoms with Crippen LogP contribution in [0.3, 0.4) is 0 Å². The van der Waals surface area contributed by atoms with Crippen LogP contribution in [-0.4, -0.2) is 29.6 Å². The number of hydrogen-bond acceptors (Lipinski definition) is 2. The maximum absolute atomic E-state index is 6.41. The van der Waals surface area contributed by atoms with Gasteiger partial charge in [-0.2, -0.15) is 0 Å². The molecule has 1 aliphatic carbocycles. The molecule has 1 aromatic carbocycles. The van der Waals surface area contributed by atoms with Crippen LogP contribution < -0.4 is 5.32 Å². The van der Waals surface area contributed by atoms with E-state index in [2.05, 4.69) is 45.2 Å². The molecule has 110 valence electrons. The van der Waals surface area contributed by atoms with E-state index in [-0.39, 0.29) is 0 Å². The summed E-state index contributed by atoms with van der Waals surface area (Å²) in [5, 5.41) is 4.55. The Morgan fingerprint density at radius 1 is 1.40 bits per heavy atom. The first-order valence-electron chi connectivity index (χ1n) is 7.51. The van der Waals surface area contributed by atoms with Gasteiger partial charge < -0.3 is 5.32 Å². The molecule has 1 saturated heterocycles. The van der Waals surface area contributed by atoms with Crippen LogP contribution in [0.25, 0.3) is 0 Å². The molecule has 1 N–H and O–H groups in total. The van der Waals surface area contributed by atoms with E-state index in [1.165, 1.54) is 31.2 Å². The zero-order valence-electron chi connectivity index (χ0n) is 12.0. The number of halogens is 2. The standard InChI is InChI=1S/C16H22BrClN2/c1-12-9-20(16(11-19-12)6-2-3-7-16)10-13-4-5-14(17)8-15(13)18/h4-5,8,12,19H,2-3,6-7,9-11H2,1H3. The van der Waals surface area contributed by atoms with Gasteiger partial charge in [-0.25, -0.2) is 0 Å². The molecule has 2 aliphatic rings. The summed E-state index contributed by atoms with van der Waals surface area (Å²) in [5.41, 5.74) is 1.61. The first kappa shape index (κ1) is 14.8. The van der Waals surface area contributed by atoms with E-state index in [0.717, 1.165) is 29.1 Å². The molecule has 0 radical (unpaired) electrons. The minimum Gasteiger partial charge on any atom is -0.311 e. The highest BCUT2D eigenvalue weighted by molar-refractivity contribution is 9.10. The third-order valence-electron chi connectivity index (χ3n) is 4.86. The van der Waals surface area contributed by atoms with Crippen LogP contribution in [0.2, 0.25) is 5.02 Å². The molecule has 1 heterocycles. The summed E-state index contributed by atoms with van der Waals surface area (Å²) in [6.07, 6.45) is 5.36. The van der Waals surface area contributed by atoms with Gasteiger partial charge in [0.25, 0.3) is 0 Å². The Hall–Kier alpha value is -0.0900. The maximum atomic E-state index is 6.41. The van der Waals surface area contributed by atoms with Crippen LogP contribution in [0.5, 0.6) is 0 Å². The van der Waals surface area contributed by atoms with Crippen molar-refractivity contribution in [3.8, 4) is 0 Å². The van der Waals surface area contributed by atoms with Crippen LogP contribution >= 0.6 is 27.5 Å². The van der Waals surface area contributed by atoms with E-state index in [4.69, 9.17) is 11.6 Å². The predicted octanol–water partition coefficient (Wildman–Crippen LogP) is 4.21. The van der Waals surface area contributed by atoms with Crippen molar-refractivity contribution in [2.75, 3.05) is 13.1 Å². The van der Waals surface area contributed by atoms with Crippen molar-refractivity contribution in [3.63, 3.8) is 0 Å². The van der Waals surface area contributed by atoms with Gasteiger partial charge in [0.15, 0.2) is 0 Å². The average Bonchev–Trinajstić information content (AvgIpc) is 2.87. The van der Waals surface area contributed by atoms with E-state index < -0.39 is 0 Å². The zero-order chi connectivity index (χ0) is 14.2. The fourth-order valence-electron chi connectivity index (χ4n) is 3.68. The van der Waals surface area contributed by atoms with Gasteiger partial charge in [-0.3, -0.25) is 4.90 Å². The Kier molecular flexibility index (Phi) is 4.42. The lowest BCUT2D eigenvalue weighted by atomic mass is 9.90. The first-order chi connectivity index (χ1) is 9.59. The second-order valence-corrected chi connectivity index (χ2v) is 7.65. The fourth-order valence-corrected chi connectivity index (χ4v) is 4.41. The Balaban J connectivity index is 1.82. The molecular formula is C16H22BrClN2. The minimum absolute atomic E-state index is 0.364. The number of rotatable bonds is 2. The Labute approximate surface area is 135 Å². The number of nitrogens with zero attached hydrogens (tertiary/aromatic N) is 1. The van der Waals surface area contributed by atoms with Crippen LogP contribution in [0.1, 0.15) is 38.2 Å². The SMILES string of the molecule is CC1CN(Cc2ccc(Br)cc2Cl)C2(CCCC2)CN1. The van der Waals surface area contributed by atoms with Gasteiger partial charge in [0.1, 0.15) is 0 Å². The van der Waals surface area contributed by atoms with Crippen LogP contribution in [-0.2, 0) is 6.54 Å². The average molecular weight is 358 g/mol. The second kappa shape index (κ2) is 5.96. The summed E-state index contributed by atoms with van der Waals surface area (Å²) in [5.74, 6) is 0. The van der Waals surface area contributed by atoms with E-state index in [1.807, 2.05) is 6.07 Å². The number of benzene rings is 1. The highest BCUT2D eigenvalue weighted by Gasteiger charge is 2.42. The predicted molar refractivity (Wildman–Crippen MR) is 88.2 cm³/mol. The van der Waals surface area contributed by atoms with Crippen molar-refractivity contribution in [1.29, 1.82) is 0 Å². The molecule has 20 heavy (non-hydrogen) atoms. The van der Waals surface area contributed by atoms with E-state index in [1.54, 1.807) is 0 Å². The number of hydrogen-bond donors (Lipinski definition) is 1. The lowest BCUT2D eigenvalue weighted by Gasteiger charge is -2.48. The topological polar surface area (TPSA) is 15.3 Å². The molecule has 3 rings (SSSR count). The van der Waals surface area contributed by atoms with Crippen molar-refractivity contribution < 1.29 is 0 Å². The summed E-state index contributed by atoms with van der Waals surface area (Å²) in [7, 11) is 0. The summed E-state index contributed by atoms with van der Waals surface area (Å²) in [6.45, 7) is 5.49. The van der Waals surface area contributed by atoms with E-state index >= 15 is 0 Å². The smallest absolute Gasteiger partial charge is 0.0462 e. The molecule has 0 aromatic heterocycles. The van der Waals surface area contributed by atoms with E-state index in [0.29, 0.717) is 11.6 Å². The summed E-state index contributed by atoms with van der Waals surface area (Å²) < 4.78 is 1.05. The van der Waals surface area contributed by atoms with Crippen molar-refractivity contribution in [2.45, 2.75) is 50.7 Å². The lowest BCUT2D eigenvalue weighted by Crippen LogP contribution is -2.62. The van der Waals surface area contributed by atoms with Gasteiger partial charge >= 0.3 is 0 Å². The first-order valence-corrected chi connectivity index (χ1v) is 8.69. The molecule has 1 saturated carbocycles. The van der Waals surface area contributed by atoms with Gasteiger partial charge in [0.05, 0.1) is 0 Å². The number of piperazine rings is 1. The molecule has 1 atom stereocenters. The monoisotopic (exact) mass is 356 g/mol. The molecular weight excluding hydrogens is 336 g/mol. The quantitative estimate of drug-likeness (QED) is 0.853. The van der Waals surface area contributed by atoms with Crippen molar-refractivity contribution in [3.05, 3.63) is 33.3 Å². The second-order valence-electron chi connectivity index (χ2n) is 6.33. The maximum Gasteiger partial charge on any atom is 0.0462 e. The molecule has 2 fully saturated rings. The molecule has 4 heteroatoms. The Morgan fingerprint density at radius 3 is 2.85 bits per heavy atom. The third kappa shape index (κ3) is 2.92. The van der Waals surface area contributed by atoms with Crippen molar-refractivity contribution in [1.82, 2.24) is 10.2 Å². The molecule has 2 nitrogen and oxygen atoms in total. The van der Waals surface area contributed by atoms with Gasteiger partial charge in [-0.05, 0) is 37.5 Å². The summed E-state index contributed by atoms with van der Waals surface area (Å²) in [4.78, 5) is 2.68. The zero-order valence-corrected chi connectivity index (χ0v) is 14.3. The number of nitrogens with one attached hydrogen (secondary N) is 1. The third-order valence-corrected chi connectivity index (χ3v) is 5.70. The molecule has 0 amide bonds. The molecule has 1 unspecified atom stereocenters. The molecule has 1 aromatic rings.